The Balaban J connectivity index is 2.04. The summed E-state index contributed by atoms with van der Waals surface area (Å²) >= 11 is 1.31. The van der Waals surface area contributed by atoms with Crippen molar-refractivity contribution < 1.29 is 8.78 Å². The molecule has 0 saturated carbocycles. The first-order valence-electron chi connectivity index (χ1n) is 7.13. The Bertz CT molecular complexity index is 827. The lowest BCUT2D eigenvalue weighted by atomic mass is 10.0. The van der Waals surface area contributed by atoms with Crippen molar-refractivity contribution in [2.24, 2.45) is 5.73 Å². The summed E-state index contributed by atoms with van der Waals surface area (Å²) in [6.45, 7) is 4.10. The highest BCUT2D eigenvalue weighted by Gasteiger charge is 2.15. The molecule has 0 saturated heterocycles. The van der Waals surface area contributed by atoms with Crippen molar-refractivity contribution >= 4 is 17.4 Å². The highest BCUT2D eigenvalue weighted by molar-refractivity contribution is 7.16. The van der Waals surface area contributed by atoms with E-state index in [2.05, 4.69) is 6.58 Å². The monoisotopic (exact) mass is 327 g/mol. The summed E-state index contributed by atoms with van der Waals surface area (Å²) in [6, 6.07) is 13.6. The first-order chi connectivity index (χ1) is 11.1. The number of thiophene rings is 1. The van der Waals surface area contributed by atoms with Gasteiger partial charge < -0.3 is 5.73 Å². The molecule has 0 bridgehead atoms. The first-order valence-corrected chi connectivity index (χ1v) is 7.95. The molecule has 2 N–H and O–H groups in total. The molecule has 3 rings (SSSR count). The number of benzene rings is 2. The smallest absolute Gasteiger partial charge is 0.135 e. The Morgan fingerprint density at radius 1 is 0.957 bits per heavy atom. The van der Waals surface area contributed by atoms with Crippen molar-refractivity contribution in [3.8, 4) is 21.6 Å². The van der Waals surface area contributed by atoms with Gasteiger partial charge in [0.05, 0.1) is 5.56 Å². The second kappa shape index (κ2) is 6.44. The van der Waals surface area contributed by atoms with Crippen LogP contribution in [0.2, 0.25) is 0 Å². The predicted octanol–water partition coefficient (Wildman–Crippen LogP) is 5.46. The van der Waals surface area contributed by atoms with Gasteiger partial charge in [0.1, 0.15) is 11.6 Å². The van der Waals surface area contributed by atoms with Crippen LogP contribution in [0.5, 0.6) is 0 Å². The van der Waals surface area contributed by atoms with Crippen molar-refractivity contribution in [2.75, 3.05) is 0 Å². The molecular weight excluding hydrogens is 312 g/mol. The average Bonchev–Trinajstić information content (AvgIpc) is 3.03. The summed E-state index contributed by atoms with van der Waals surface area (Å²) in [5.41, 5.74) is 7.80. The quantitative estimate of drug-likeness (QED) is 0.676. The molecule has 0 atom stereocenters. The molecule has 1 nitrogen and oxygen atoms in total. The second-order valence-electron chi connectivity index (χ2n) is 5.12. The maximum atomic E-state index is 14.5. The van der Waals surface area contributed by atoms with Crippen molar-refractivity contribution in [3.05, 3.63) is 77.2 Å². The maximum absolute atomic E-state index is 14.5. The van der Waals surface area contributed by atoms with E-state index >= 15 is 0 Å². The molecule has 0 radical (unpaired) electrons. The van der Waals surface area contributed by atoms with Gasteiger partial charge in [0.2, 0.25) is 0 Å². The SMILES string of the molecule is C=Cc1ccc(-c2c(F)cc(-c3ccc(CN)cc3)cc2F)s1. The molecule has 0 unspecified atom stereocenters. The largest absolute Gasteiger partial charge is 0.326 e. The standard InChI is InChI=1S/C19H15F2NS/c1-2-15-7-8-18(23-15)19-16(20)9-14(10-17(19)21)13-5-3-12(11-22)4-6-13/h2-10H,1,11,22H2. The molecule has 0 aliphatic heterocycles. The van der Waals surface area contributed by atoms with Crippen LogP contribution >= 0.6 is 11.3 Å². The summed E-state index contributed by atoms with van der Waals surface area (Å²) in [5, 5.41) is 0. The highest BCUT2D eigenvalue weighted by atomic mass is 32.1. The molecule has 1 heterocycles. The fourth-order valence-corrected chi connectivity index (χ4v) is 3.31. The number of halogens is 2. The predicted molar refractivity (Wildman–Crippen MR) is 93.1 cm³/mol. The van der Waals surface area contributed by atoms with E-state index < -0.39 is 11.6 Å². The first kappa shape index (κ1) is 15.6. The topological polar surface area (TPSA) is 26.0 Å². The number of hydrogen-bond donors (Lipinski definition) is 1. The van der Waals surface area contributed by atoms with E-state index in [1.54, 1.807) is 18.2 Å². The van der Waals surface area contributed by atoms with Crippen LogP contribution < -0.4 is 5.73 Å². The molecule has 0 aliphatic rings. The van der Waals surface area contributed by atoms with Crippen LogP contribution in [-0.4, -0.2) is 0 Å². The van der Waals surface area contributed by atoms with Crippen LogP contribution in [-0.2, 0) is 6.54 Å². The van der Waals surface area contributed by atoms with Crippen LogP contribution in [0.3, 0.4) is 0 Å². The lowest BCUT2D eigenvalue weighted by Crippen LogP contribution is -1.95. The van der Waals surface area contributed by atoms with Gasteiger partial charge in [-0.2, -0.15) is 0 Å². The van der Waals surface area contributed by atoms with E-state index in [9.17, 15) is 8.78 Å². The fourth-order valence-electron chi connectivity index (χ4n) is 2.41. The van der Waals surface area contributed by atoms with Gasteiger partial charge in [0, 0.05) is 16.3 Å². The third-order valence-corrected chi connectivity index (χ3v) is 4.74. The lowest BCUT2D eigenvalue weighted by molar-refractivity contribution is 0.591. The van der Waals surface area contributed by atoms with Gasteiger partial charge >= 0.3 is 0 Å². The van der Waals surface area contributed by atoms with Crippen LogP contribution in [0.1, 0.15) is 10.4 Å². The molecular formula is C19H15F2NS. The fraction of sp³-hybridized carbons (Fsp3) is 0.0526. The van der Waals surface area contributed by atoms with Gasteiger partial charge in [-0.1, -0.05) is 36.9 Å². The normalized spacial score (nSPS) is 10.7. The Morgan fingerprint density at radius 2 is 1.61 bits per heavy atom. The van der Waals surface area contributed by atoms with Gasteiger partial charge in [0.25, 0.3) is 0 Å². The van der Waals surface area contributed by atoms with E-state index in [1.165, 1.54) is 23.5 Å². The third-order valence-electron chi connectivity index (χ3n) is 3.64. The van der Waals surface area contributed by atoms with E-state index in [0.29, 0.717) is 17.0 Å². The summed E-state index contributed by atoms with van der Waals surface area (Å²) in [6.07, 6.45) is 1.66. The van der Waals surface area contributed by atoms with Gasteiger partial charge in [0.15, 0.2) is 0 Å². The average molecular weight is 327 g/mol. The zero-order valence-corrected chi connectivity index (χ0v) is 13.2. The lowest BCUT2D eigenvalue weighted by Gasteiger charge is -2.08. The summed E-state index contributed by atoms with van der Waals surface area (Å²) in [5.74, 6) is -1.14. The second-order valence-corrected chi connectivity index (χ2v) is 6.24. The number of rotatable bonds is 4. The minimum atomic E-state index is -0.569. The Kier molecular flexibility index (Phi) is 4.37. The van der Waals surface area contributed by atoms with Crippen LogP contribution in [0.4, 0.5) is 8.78 Å². The minimum Gasteiger partial charge on any atom is -0.326 e. The summed E-state index contributed by atoms with van der Waals surface area (Å²) in [4.78, 5) is 1.43. The van der Waals surface area contributed by atoms with E-state index in [0.717, 1.165) is 16.0 Å². The molecule has 2 aromatic carbocycles. The van der Waals surface area contributed by atoms with Gasteiger partial charge in [-0.15, -0.1) is 11.3 Å². The Labute approximate surface area is 137 Å². The van der Waals surface area contributed by atoms with E-state index in [-0.39, 0.29) is 5.56 Å². The summed E-state index contributed by atoms with van der Waals surface area (Å²) < 4.78 is 28.9. The van der Waals surface area contributed by atoms with Gasteiger partial charge in [-0.25, -0.2) is 8.78 Å². The molecule has 0 amide bonds. The van der Waals surface area contributed by atoms with Gasteiger partial charge in [-0.05, 0) is 41.0 Å². The van der Waals surface area contributed by atoms with Crippen LogP contribution in [0.25, 0.3) is 27.6 Å². The van der Waals surface area contributed by atoms with Crippen molar-refractivity contribution in [2.45, 2.75) is 6.54 Å². The van der Waals surface area contributed by atoms with Crippen molar-refractivity contribution in [1.29, 1.82) is 0 Å². The zero-order chi connectivity index (χ0) is 16.4. The van der Waals surface area contributed by atoms with Crippen molar-refractivity contribution in [1.82, 2.24) is 0 Å². The molecule has 3 aromatic rings. The molecule has 23 heavy (non-hydrogen) atoms. The zero-order valence-electron chi connectivity index (χ0n) is 12.4. The van der Waals surface area contributed by atoms with E-state index in [4.69, 9.17) is 5.73 Å². The summed E-state index contributed by atoms with van der Waals surface area (Å²) in [7, 11) is 0. The highest BCUT2D eigenvalue weighted by Crippen LogP contribution is 2.35. The molecule has 0 fully saturated rings. The van der Waals surface area contributed by atoms with Crippen molar-refractivity contribution in [3.63, 3.8) is 0 Å². The number of nitrogens with two attached hydrogens (primary N) is 1. The van der Waals surface area contributed by atoms with Gasteiger partial charge in [-0.3, -0.25) is 0 Å². The molecule has 116 valence electrons. The maximum Gasteiger partial charge on any atom is 0.135 e. The molecule has 1 aromatic heterocycles. The molecule has 0 aliphatic carbocycles. The van der Waals surface area contributed by atoms with Crippen LogP contribution in [0.15, 0.2) is 55.1 Å². The molecule has 4 heteroatoms. The van der Waals surface area contributed by atoms with E-state index in [1.807, 2.05) is 24.3 Å². The Hall–Kier alpha value is -2.30. The Morgan fingerprint density at radius 3 is 2.13 bits per heavy atom. The molecule has 0 spiro atoms. The third kappa shape index (κ3) is 3.09. The number of hydrogen-bond acceptors (Lipinski definition) is 2. The van der Waals surface area contributed by atoms with Crippen LogP contribution in [0, 0.1) is 11.6 Å². The minimum absolute atomic E-state index is 0.00503.